The standard InChI is InChI=1S/C14H19N3S2/c1-3-15-14(11-7-16-17(2)8-11)13-6-10-9-18-5-4-12(10)19-13/h6-8,14-15H,3-5,9H2,1-2H3. The molecule has 3 nitrogen and oxygen atoms in total. The van der Waals surface area contributed by atoms with Gasteiger partial charge in [-0.05, 0) is 30.3 Å². The van der Waals surface area contributed by atoms with Crippen molar-refractivity contribution in [3.8, 4) is 0 Å². The van der Waals surface area contributed by atoms with Crippen molar-refractivity contribution in [2.45, 2.75) is 25.1 Å². The third-order valence-corrected chi connectivity index (χ3v) is 5.71. The van der Waals surface area contributed by atoms with Crippen LogP contribution in [0.3, 0.4) is 0 Å². The molecule has 102 valence electrons. The van der Waals surface area contributed by atoms with E-state index < -0.39 is 0 Å². The van der Waals surface area contributed by atoms with E-state index in [0.717, 1.165) is 6.54 Å². The molecule has 0 saturated heterocycles. The lowest BCUT2D eigenvalue weighted by atomic mass is 10.1. The number of nitrogens with zero attached hydrogens (tertiary/aromatic N) is 2. The Hall–Kier alpha value is -0.780. The summed E-state index contributed by atoms with van der Waals surface area (Å²) in [5.74, 6) is 2.45. The second kappa shape index (κ2) is 5.69. The Kier molecular flexibility index (Phi) is 3.96. The number of nitrogens with one attached hydrogen (secondary N) is 1. The van der Waals surface area contributed by atoms with Crippen molar-refractivity contribution in [2.24, 2.45) is 7.05 Å². The van der Waals surface area contributed by atoms with E-state index in [1.165, 1.54) is 28.4 Å². The molecule has 0 aromatic carbocycles. The average Bonchev–Trinajstić information content (AvgIpc) is 3.01. The van der Waals surface area contributed by atoms with Crippen molar-refractivity contribution in [1.82, 2.24) is 15.1 Å². The zero-order chi connectivity index (χ0) is 13.2. The number of hydrogen-bond acceptors (Lipinski definition) is 4. The highest BCUT2D eigenvalue weighted by molar-refractivity contribution is 7.98. The Balaban J connectivity index is 1.93. The van der Waals surface area contributed by atoms with Crippen LogP contribution in [-0.4, -0.2) is 22.1 Å². The summed E-state index contributed by atoms with van der Waals surface area (Å²) in [7, 11) is 1.97. The van der Waals surface area contributed by atoms with Crippen molar-refractivity contribution in [3.63, 3.8) is 0 Å². The van der Waals surface area contributed by atoms with E-state index in [1.54, 1.807) is 10.4 Å². The third-order valence-electron chi connectivity index (χ3n) is 3.40. The summed E-state index contributed by atoms with van der Waals surface area (Å²) in [6, 6.07) is 2.69. The quantitative estimate of drug-likeness (QED) is 0.940. The molecule has 2 aromatic heterocycles. The number of hydrogen-bond donors (Lipinski definition) is 1. The predicted molar refractivity (Wildman–Crippen MR) is 82.9 cm³/mol. The van der Waals surface area contributed by atoms with Crippen LogP contribution in [0.15, 0.2) is 18.5 Å². The molecule has 0 bridgehead atoms. The first-order valence-electron chi connectivity index (χ1n) is 6.69. The molecular weight excluding hydrogens is 274 g/mol. The van der Waals surface area contributed by atoms with Gasteiger partial charge in [-0.15, -0.1) is 11.3 Å². The summed E-state index contributed by atoms with van der Waals surface area (Å²) >= 11 is 4.02. The van der Waals surface area contributed by atoms with Crippen LogP contribution in [0.4, 0.5) is 0 Å². The zero-order valence-electron chi connectivity index (χ0n) is 11.3. The number of aryl methyl sites for hydroxylation is 2. The van der Waals surface area contributed by atoms with Gasteiger partial charge >= 0.3 is 0 Å². The van der Waals surface area contributed by atoms with Crippen LogP contribution in [-0.2, 0) is 19.2 Å². The fraction of sp³-hybridized carbons (Fsp3) is 0.500. The molecule has 2 aromatic rings. The molecule has 0 radical (unpaired) electrons. The largest absolute Gasteiger partial charge is 0.306 e. The van der Waals surface area contributed by atoms with Gasteiger partial charge in [-0.1, -0.05) is 6.92 Å². The first-order valence-corrected chi connectivity index (χ1v) is 8.66. The lowest BCUT2D eigenvalue weighted by Gasteiger charge is -2.14. The topological polar surface area (TPSA) is 29.9 Å². The number of fused-ring (bicyclic) bond motifs is 1. The van der Waals surface area contributed by atoms with E-state index in [4.69, 9.17) is 0 Å². The maximum atomic E-state index is 4.30. The van der Waals surface area contributed by atoms with Crippen LogP contribution in [0, 0.1) is 0 Å². The van der Waals surface area contributed by atoms with Gasteiger partial charge in [0.15, 0.2) is 0 Å². The fourth-order valence-electron chi connectivity index (χ4n) is 2.49. The summed E-state index contributed by atoms with van der Waals surface area (Å²) in [4.78, 5) is 3.02. The normalized spacial score (nSPS) is 16.3. The molecule has 1 atom stereocenters. The predicted octanol–water partition coefficient (Wildman–Crippen LogP) is 2.97. The van der Waals surface area contributed by atoms with Gasteiger partial charge in [-0.2, -0.15) is 16.9 Å². The first kappa shape index (κ1) is 13.2. The van der Waals surface area contributed by atoms with E-state index in [0.29, 0.717) is 6.04 Å². The minimum Gasteiger partial charge on any atom is -0.306 e. The zero-order valence-corrected chi connectivity index (χ0v) is 13.0. The monoisotopic (exact) mass is 293 g/mol. The maximum Gasteiger partial charge on any atom is 0.0702 e. The molecule has 19 heavy (non-hydrogen) atoms. The Morgan fingerprint density at radius 3 is 3.11 bits per heavy atom. The van der Waals surface area contributed by atoms with E-state index in [-0.39, 0.29) is 0 Å². The number of thioether (sulfide) groups is 1. The average molecular weight is 293 g/mol. The molecule has 1 N–H and O–H groups in total. The van der Waals surface area contributed by atoms with Crippen LogP contribution in [0.2, 0.25) is 0 Å². The Labute approximate surface area is 122 Å². The van der Waals surface area contributed by atoms with Gasteiger partial charge in [0.05, 0.1) is 12.2 Å². The van der Waals surface area contributed by atoms with Gasteiger partial charge < -0.3 is 5.32 Å². The fourth-order valence-corrected chi connectivity index (χ4v) is 4.97. The lowest BCUT2D eigenvalue weighted by molar-refractivity contribution is 0.638. The summed E-state index contributed by atoms with van der Waals surface area (Å²) in [5, 5.41) is 7.89. The molecule has 0 spiro atoms. The summed E-state index contributed by atoms with van der Waals surface area (Å²) in [5.41, 5.74) is 2.80. The van der Waals surface area contributed by atoms with Gasteiger partial charge in [-0.25, -0.2) is 0 Å². The minimum absolute atomic E-state index is 0.291. The van der Waals surface area contributed by atoms with E-state index >= 15 is 0 Å². The van der Waals surface area contributed by atoms with Crippen LogP contribution in [0.5, 0.6) is 0 Å². The van der Waals surface area contributed by atoms with E-state index in [1.807, 2.05) is 41.0 Å². The molecule has 1 unspecified atom stereocenters. The summed E-state index contributed by atoms with van der Waals surface area (Å²) in [6.07, 6.45) is 5.32. The molecule has 0 saturated carbocycles. The van der Waals surface area contributed by atoms with Crippen LogP contribution in [0.1, 0.15) is 33.8 Å². The molecule has 1 aliphatic rings. The molecule has 0 amide bonds. The molecule has 1 aliphatic heterocycles. The molecule has 3 heterocycles. The molecule has 0 fully saturated rings. The third kappa shape index (κ3) is 2.73. The van der Waals surface area contributed by atoms with Gasteiger partial charge in [0.1, 0.15) is 0 Å². The number of rotatable bonds is 4. The first-order chi connectivity index (χ1) is 9.28. The lowest BCUT2D eigenvalue weighted by Crippen LogP contribution is -2.20. The van der Waals surface area contributed by atoms with Crippen molar-refractivity contribution in [1.29, 1.82) is 0 Å². The smallest absolute Gasteiger partial charge is 0.0702 e. The molecule has 3 rings (SSSR count). The van der Waals surface area contributed by atoms with Crippen molar-refractivity contribution >= 4 is 23.1 Å². The van der Waals surface area contributed by atoms with Crippen molar-refractivity contribution < 1.29 is 0 Å². The molecular formula is C14H19N3S2. The summed E-state index contributed by atoms with van der Waals surface area (Å²) < 4.78 is 1.88. The van der Waals surface area contributed by atoms with Gasteiger partial charge in [-0.3, -0.25) is 4.68 Å². The van der Waals surface area contributed by atoms with Gasteiger partial charge in [0, 0.05) is 34.3 Å². The van der Waals surface area contributed by atoms with Gasteiger partial charge in [0.25, 0.3) is 0 Å². The van der Waals surface area contributed by atoms with E-state index in [2.05, 4.69) is 29.6 Å². The minimum atomic E-state index is 0.291. The Morgan fingerprint density at radius 1 is 1.53 bits per heavy atom. The van der Waals surface area contributed by atoms with Crippen LogP contribution in [0.25, 0.3) is 0 Å². The van der Waals surface area contributed by atoms with Crippen molar-refractivity contribution in [3.05, 3.63) is 39.3 Å². The van der Waals surface area contributed by atoms with Crippen molar-refractivity contribution in [2.75, 3.05) is 12.3 Å². The SMILES string of the molecule is CCNC(c1cnn(C)c1)c1cc2c(s1)CCSC2. The number of thiophene rings is 1. The second-order valence-electron chi connectivity index (χ2n) is 4.84. The Bertz CT molecular complexity index is 535. The highest BCUT2D eigenvalue weighted by Gasteiger charge is 2.21. The second-order valence-corrected chi connectivity index (χ2v) is 7.11. The summed E-state index contributed by atoms with van der Waals surface area (Å²) in [6.45, 7) is 3.13. The van der Waals surface area contributed by atoms with Gasteiger partial charge in [0.2, 0.25) is 0 Å². The number of aromatic nitrogens is 2. The highest BCUT2D eigenvalue weighted by Crippen LogP contribution is 2.36. The molecule has 0 aliphatic carbocycles. The van der Waals surface area contributed by atoms with Crippen LogP contribution < -0.4 is 5.32 Å². The Morgan fingerprint density at radius 2 is 2.42 bits per heavy atom. The van der Waals surface area contributed by atoms with E-state index in [9.17, 15) is 0 Å². The maximum absolute atomic E-state index is 4.30. The highest BCUT2D eigenvalue weighted by atomic mass is 32.2. The van der Waals surface area contributed by atoms with Crippen LogP contribution >= 0.6 is 23.1 Å². The molecule has 5 heteroatoms.